The number of alkyl halides is 3. The molecule has 0 saturated heterocycles. The van der Waals surface area contributed by atoms with Gasteiger partial charge in [-0.15, -0.1) is 0 Å². The number of benzene rings is 1. The van der Waals surface area contributed by atoms with Crippen LogP contribution in [0.15, 0.2) is 30.5 Å². The van der Waals surface area contributed by atoms with Gasteiger partial charge in [0.15, 0.2) is 0 Å². The Morgan fingerprint density at radius 1 is 1.24 bits per heavy atom. The lowest BCUT2D eigenvalue weighted by Gasteiger charge is -2.24. The van der Waals surface area contributed by atoms with Crippen molar-refractivity contribution in [2.45, 2.75) is 26.1 Å². The van der Waals surface area contributed by atoms with E-state index in [0.717, 1.165) is 12.3 Å². The van der Waals surface area contributed by atoms with Crippen molar-refractivity contribution in [2.75, 3.05) is 5.32 Å². The summed E-state index contributed by atoms with van der Waals surface area (Å²) in [7, 11) is 0. The average Bonchev–Trinajstić information content (AvgIpc) is 2.44. The van der Waals surface area contributed by atoms with Gasteiger partial charge >= 0.3 is 6.18 Å². The van der Waals surface area contributed by atoms with Crippen molar-refractivity contribution in [2.24, 2.45) is 5.92 Å². The highest BCUT2D eigenvalue weighted by molar-refractivity contribution is 5.89. The smallest absolute Gasteiger partial charge is 0.382 e. The Hall–Kier alpha value is -2.29. The molecule has 21 heavy (non-hydrogen) atoms. The molecule has 1 N–H and O–H groups in total. The monoisotopic (exact) mass is 293 g/mol. The van der Waals surface area contributed by atoms with Crippen LogP contribution in [0, 0.1) is 17.2 Å². The van der Waals surface area contributed by atoms with E-state index in [-0.39, 0.29) is 0 Å². The SMILES string of the molecule is C[C@H]([C@@H](C)Nc1ccc2c(C#N)nccc2c1)C(F)(F)F. The molecule has 0 saturated carbocycles. The number of aromatic nitrogens is 1. The Morgan fingerprint density at radius 3 is 2.57 bits per heavy atom. The molecule has 110 valence electrons. The van der Waals surface area contributed by atoms with Crippen LogP contribution in [0.2, 0.25) is 0 Å². The minimum atomic E-state index is -4.23. The van der Waals surface area contributed by atoms with E-state index < -0.39 is 18.1 Å². The zero-order valence-electron chi connectivity index (χ0n) is 11.6. The van der Waals surface area contributed by atoms with Crippen LogP contribution in [0.3, 0.4) is 0 Å². The van der Waals surface area contributed by atoms with Crippen LogP contribution in [0.25, 0.3) is 10.8 Å². The van der Waals surface area contributed by atoms with Crippen molar-refractivity contribution in [3.05, 3.63) is 36.2 Å². The quantitative estimate of drug-likeness (QED) is 0.926. The minimum Gasteiger partial charge on any atom is -0.382 e. The number of nitrogens with zero attached hydrogens (tertiary/aromatic N) is 2. The number of nitrogens with one attached hydrogen (secondary N) is 1. The first-order chi connectivity index (χ1) is 9.82. The molecule has 0 radical (unpaired) electrons. The predicted octanol–water partition coefficient (Wildman–Crippen LogP) is 4.11. The summed E-state index contributed by atoms with van der Waals surface area (Å²) in [5.74, 6) is -1.46. The lowest BCUT2D eigenvalue weighted by Crippen LogP contribution is -2.34. The minimum absolute atomic E-state index is 0.302. The third kappa shape index (κ3) is 3.24. The molecule has 0 fully saturated rings. The summed E-state index contributed by atoms with van der Waals surface area (Å²) in [5, 5.41) is 13.3. The van der Waals surface area contributed by atoms with Crippen molar-refractivity contribution in [1.29, 1.82) is 5.26 Å². The van der Waals surface area contributed by atoms with Crippen molar-refractivity contribution >= 4 is 16.5 Å². The van der Waals surface area contributed by atoms with E-state index >= 15 is 0 Å². The maximum absolute atomic E-state index is 12.7. The largest absolute Gasteiger partial charge is 0.393 e. The maximum atomic E-state index is 12.7. The number of nitriles is 1. The van der Waals surface area contributed by atoms with Crippen LogP contribution in [-0.4, -0.2) is 17.2 Å². The van der Waals surface area contributed by atoms with Gasteiger partial charge in [0.2, 0.25) is 0 Å². The van der Waals surface area contributed by atoms with Crippen molar-refractivity contribution in [3.63, 3.8) is 0 Å². The zero-order valence-corrected chi connectivity index (χ0v) is 11.6. The Kier molecular flexibility index (Phi) is 4.03. The Morgan fingerprint density at radius 2 is 1.95 bits per heavy atom. The molecule has 3 nitrogen and oxygen atoms in total. The molecule has 2 aromatic rings. The second kappa shape index (κ2) is 5.60. The van der Waals surface area contributed by atoms with E-state index in [4.69, 9.17) is 5.26 Å². The van der Waals surface area contributed by atoms with Gasteiger partial charge in [-0.3, -0.25) is 0 Å². The lowest BCUT2D eigenvalue weighted by atomic mass is 10.0. The predicted molar refractivity (Wildman–Crippen MR) is 74.8 cm³/mol. The van der Waals surface area contributed by atoms with Gasteiger partial charge in [-0.2, -0.15) is 18.4 Å². The van der Waals surface area contributed by atoms with Gasteiger partial charge < -0.3 is 5.32 Å². The average molecular weight is 293 g/mol. The molecule has 0 aliphatic carbocycles. The van der Waals surface area contributed by atoms with Gasteiger partial charge in [0.05, 0.1) is 5.92 Å². The van der Waals surface area contributed by atoms with Crippen molar-refractivity contribution in [1.82, 2.24) is 4.98 Å². The molecule has 0 aliphatic rings. The molecule has 2 atom stereocenters. The highest BCUT2D eigenvalue weighted by Crippen LogP contribution is 2.30. The molecule has 1 aromatic heterocycles. The summed E-state index contributed by atoms with van der Waals surface area (Å²) in [6, 6.07) is 8.02. The van der Waals surface area contributed by atoms with Gasteiger partial charge in [-0.25, -0.2) is 4.98 Å². The number of halogens is 3. The molecule has 0 bridgehead atoms. The summed E-state index contributed by atoms with van der Waals surface area (Å²) in [6.45, 7) is 2.64. The van der Waals surface area contributed by atoms with Crippen molar-refractivity contribution < 1.29 is 13.2 Å². The van der Waals surface area contributed by atoms with Gasteiger partial charge in [0, 0.05) is 23.3 Å². The maximum Gasteiger partial charge on any atom is 0.393 e. The summed E-state index contributed by atoms with van der Waals surface area (Å²) < 4.78 is 38.0. The zero-order chi connectivity index (χ0) is 15.6. The molecule has 6 heteroatoms. The highest BCUT2D eigenvalue weighted by Gasteiger charge is 2.39. The Bertz CT molecular complexity index is 689. The van der Waals surface area contributed by atoms with Gasteiger partial charge in [0.25, 0.3) is 0 Å². The second-order valence-electron chi connectivity index (χ2n) is 4.97. The van der Waals surface area contributed by atoms with Crippen LogP contribution >= 0.6 is 0 Å². The number of rotatable bonds is 3. The van der Waals surface area contributed by atoms with E-state index in [9.17, 15) is 13.2 Å². The van der Waals surface area contributed by atoms with Crippen LogP contribution in [0.5, 0.6) is 0 Å². The first kappa shape index (κ1) is 15.1. The van der Waals surface area contributed by atoms with Crippen LogP contribution < -0.4 is 5.32 Å². The summed E-state index contributed by atoms with van der Waals surface area (Å²) in [5.41, 5.74) is 0.886. The van der Waals surface area contributed by atoms with Gasteiger partial charge in [-0.1, -0.05) is 6.92 Å². The molecule has 0 spiro atoms. The van der Waals surface area contributed by atoms with E-state index in [1.165, 1.54) is 13.1 Å². The molecule has 0 unspecified atom stereocenters. The normalized spacial score (nSPS) is 14.5. The molecule has 1 aromatic carbocycles. The molecule has 2 rings (SSSR count). The second-order valence-corrected chi connectivity index (χ2v) is 4.97. The Labute approximate surface area is 120 Å². The highest BCUT2D eigenvalue weighted by atomic mass is 19.4. The fourth-order valence-electron chi connectivity index (χ4n) is 2.03. The summed E-state index contributed by atoms with van der Waals surface area (Å²) in [6.07, 6.45) is -2.73. The Balaban J connectivity index is 2.27. The summed E-state index contributed by atoms with van der Waals surface area (Å²) >= 11 is 0. The third-order valence-corrected chi connectivity index (χ3v) is 3.53. The summed E-state index contributed by atoms with van der Waals surface area (Å²) in [4.78, 5) is 3.95. The fraction of sp³-hybridized carbons (Fsp3) is 0.333. The van der Waals surface area contributed by atoms with Crippen LogP contribution in [-0.2, 0) is 0 Å². The first-order valence-electron chi connectivity index (χ1n) is 6.45. The first-order valence-corrected chi connectivity index (χ1v) is 6.45. The molecule has 1 heterocycles. The standard InChI is InChI=1S/C15H14F3N3/c1-9(15(16,17)18)10(2)21-12-3-4-13-11(7-12)5-6-20-14(13)8-19/h3-7,9-10,21H,1-2H3/t9-,10-/m1/s1. The van der Waals surface area contributed by atoms with Crippen LogP contribution in [0.1, 0.15) is 19.5 Å². The molecule has 0 aliphatic heterocycles. The number of hydrogen-bond acceptors (Lipinski definition) is 3. The lowest BCUT2D eigenvalue weighted by molar-refractivity contribution is -0.172. The van der Waals surface area contributed by atoms with E-state index in [1.807, 2.05) is 6.07 Å². The third-order valence-electron chi connectivity index (χ3n) is 3.53. The van der Waals surface area contributed by atoms with E-state index in [1.54, 1.807) is 24.3 Å². The molecule has 0 amide bonds. The molecular weight excluding hydrogens is 279 g/mol. The number of fused-ring (bicyclic) bond motifs is 1. The number of pyridine rings is 1. The fourth-order valence-corrected chi connectivity index (χ4v) is 2.03. The van der Waals surface area contributed by atoms with Crippen molar-refractivity contribution in [3.8, 4) is 6.07 Å². The van der Waals surface area contributed by atoms with Crippen LogP contribution in [0.4, 0.5) is 18.9 Å². The number of hydrogen-bond donors (Lipinski definition) is 1. The topological polar surface area (TPSA) is 48.7 Å². The number of anilines is 1. The van der Waals surface area contributed by atoms with Gasteiger partial charge in [-0.05, 0) is 36.6 Å². The van der Waals surface area contributed by atoms with E-state index in [2.05, 4.69) is 10.3 Å². The molecular formula is C15H14F3N3. The van der Waals surface area contributed by atoms with E-state index in [0.29, 0.717) is 16.8 Å². The van der Waals surface area contributed by atoms with Gasteiger partial charge in [0.1, 0.15) is 11.8 Å².